The van der Waals surface area contributed by atoms with Gasteiger partial charge >= 0.3 is 6.09 Å². The van der Waals surface area contributed by atoms with E-state index in [0.717, 1.165) is 21.7 Å². The number of para-hydroxylation sites is 2. The summed E-state index contributed by atoms with van der Waals surface area (Å²) < 4.78 is 5.94. The molecule has 3 heterocycles. The Balaban J connectivity index is 1.53. The first kappa shape index (κ1) is 19.0. The van der Waals surface area contributed by atoms with Gasteiger partial charge in [-0.2, -0.15) is 0 Å². The molecule has 1 fully saturated rings. The second-order valence-corrected chi connectivity index (χ2v) is 9.24. The van der Waals surface area contributed by atoms with Gasteiger partial charge in [0.1, 0.15) is 16.3 Å². The predicted molar refractivity (Wildman–Crippen MR) is 112 cm³/mol. The Kier molecular flexibility index (Phi) is 4.93. The Hall–Kier alpha value is -2.32. The maximum Gasteiger partial charge on any atom is 0.410 e. The number of rotatable bonds is 2. The van der Waals surface area contributed by atoms with Gasteiger partial charge in [0, 0.05) is 26.2 Å². The fourth-order valence-electron chi connectivity index (χ4n) is 3.14. The molecule has 1 amide bonds. The third kappa shape index (κ3) is 3.93. The van der Waals surface area contributed by atoms with E-state index in [9.17, 15) is 4.79 Å². The number of ether oxygens (including phenoxy) is 1. The Labute approximate surface area is 172 Å². The van der Waals surface area contributed by atoms with Crippen molar-refractivity contribution in [3.8, 4) is 11.5 Å². The van der Waals surface area contributed by atoms with Crippen LogP contribution in [0.15, 0.2) is 24.3 Å². The van der Waals surface area contributed by atoms with Crippen LogP contribution in [-0.2, 0) is 4.74 Å². The van der Waals surface area contributed by atoms with Crippen molar-refractivity contribution < 1.29 is 9.53 Å². The molecule has 0 spiro atoms. The number of fused-ring (bicyclic) bond motifs is 1. The van der Waals surface area contributed by atoms with Crippen LogP contribution in [0.4, 0.5) is 9.80 Å². The molecule has 0 saturated carbocycles. The van der Waals surface area contributed by atoms with Crippen molar-refractivity contribution in [3.05, 3.63) is 28.7 Å². The van der Waals surface area contributed by atoms with Crippen molar-refractivity contribution >= 4 is 45.1 Å². The molecule has 7 nitrogen and oxygen atoms in total. The smallest absolute Gasteiger partial charge is 0.410 e. The van der Waals surface area contributed by atoms with Crippen LogP contribution in [0.5, 0.6) is 0 Å². The first-order valence-electron chi connectivity index (χ1n) is 9.14. The zero-order valence-corrected chi connectivity index (χ0v) is 17.6. The second kappa shape index (κ2) is 7.25. The zero-order chi connectivity index (χ0) is 19.9. The normalized spacial score (nSPS) is 15.3. The Morgan fingerprint density at radius 2 is 1.89 bits per heavy atom. The van der Waals surface area contributed by atoms with Gasteiger partial charge in [-0.3, -0.25) is 0 Å². The summed E-state index contributed by atoms with van der Waals surface area (Å²) in [6.45, 7) is 8.17. The van der Waals surface area contributed by atoms with E-state index < -0.39 is 5.60 Å². The van der Waals surface area contributed by atoms with Crippen LogP contribution >= 0.6 is 22.9 Å². The van der Waals surface area contributed by atoms with E-state index in [4.69, 9.17) is 16.3 Å². The van der Waals surface area contributed by atoms with Crippen molar-refractivity contribution in [3.63, 3.8) is 0 Å². The summed E-state index contributed by atoms with van der Waals surface area (Å²) in [5, 5.41) is 0.966. The first-order valence-corrected chi connectivity index (χ1v) is 10.3. The molecule has 3 aromatic rings. The van der Waals surface area contributed by atoms with Gasteiger partial charge in [-0.05, 0) is 32.9 Å². The summed E-state index contributed by atoms with van der Waals surface area (Å²) in [6, 6.07) is 7.87. The molecule has 28 heavy (non-hydrogen) atoms. The highest BCUT2D eigenvalue weighted by molar-refractivity contribution is 7.20. The molecule has 1 aliphatic heterocycles. The molecule has 0 atom stereocenters. The van der Waals surface area contributed by atoms with E-state index in [0.29, 0.717) is 36.5 Å². The molecule has 9 heteroatoms. The van der Waals surface area contributed by atoms with Gasteiger partial charge in [0.05, 0.1) is 11.0 Å². The van der Waals surface area contributed by atoms with Gasteiger partial charge in [-0.25, -0.2) is 14.8 Å². The maximum absolute atomic E-state index is 12.3. The SMILES string of the molecule is CC(C)(C)OC(=O)N1CCN(c2sc(Cl)nc2-c2nc3ccccc3[nH]2)CC1. The number of carbonyl (C=O) groups excluding carboxylic acids is 1. The van der Waals surface area contributed by atoms with E-state index in [2.05, 4.69) is 19.9 Å². The molecule has 148 valence electrons. The number of halogens is 1. The largest absolute Gasteiger partial charge is 0.444 e. The number of nitrogens with zero attached hydrogens (tertiary/aromatic N) is 4. The number of benzene rings is 1. The number of H-pyrrole nitrogens is 1. The molecule has 1 aliphatic rings. The number of nitrogens with one attached hydrogen (secondary N) is 1. The fourth-order valence-corrected chi connectivity index (χ4v) is 4.29. The van der Waals surface area contributed by atoms with Crippen LogP contribution in [0.25, 0.3) is 22.6 Å². The molecule has 1 saturated heterocycles. The van der Waals surface area contributed by atoms with Crippen molar-refractivity contribution in [1.82, 2.24) is 19.9 Å². The first-order chi connectivity index (χ1) is 13.3. The highest BCUT2D eigenvalue weighted by atomic mass is 35.5. The van der Waals surface area contributed by atoms with Gasteiger partial charge in [-0.15, -0.1) is 0 Å². The summed E-state index contributed by atoms with van der Waals surface area (Å²) in [5.74, 6) is 0.703. The summed E-state index contributed by atoms with van der Waals surface area (Å²) >= 11 is 7.67. The molecular formula is C19H22ClN5O2S. The lowest BCUT2D eigenvalue weighted by molar-refractivity contribution is 0.0241. The highest BCUT2D eigenvalue weighted by Crippen LogP contribution is 2.38. The van der Waals surface area contributed by atoms with Crippen molar-refractivity contribution in [2.24, 2.45) is 0 Å². The molecule has 0 unspecified atom stereocenters. The van der Waals surface area contributed by atoms with Gasteiger partial charge < -0.3 is 19.5 Å². The van der Waals surface area contributed by atoms with E-state index >= 15 is 0 Å². The van der Waals surface area contributed by atoms with E-state index in [1.54, 1.807) is 4.90 Å². The van der Waals surface area contributed by atoms with Crippen LogP contribution in [0.1, 0.15) is 20.8 Å². The number of amides is 1. The standard InChI is InChI=1S/C19H22ClN5O2S/c1-19(2,3)27-18(26)25-10-8-24(9-11-25)16-14(23-17(20)28-16)15-21-12-6-4-5-7-13(12)22-15/h4-7H,8-11H2,1-3H3,(H,21,22). The number of hydrogen-bond donors (Lipinski definition) is 1. The number of carbonyl (C=O) groups is 1. The lowest BCUT2D eigenvalue weighted by Gasteiger charge is -2.36. The number of anilines is 1. The summed E-state index contributed by atoms with van der Waals surface area (Å²) in [4.78, 5) is 28.7. The number of aromatic amines is 1. The van der Waals surface area contributed by atoms with Gasteiger partial charge in [-0.1, -0.05) is 35.1 Å². The second-order valence-electron chi connectivity index (χ2n) is 7.68. The van der Waals surface area contributed by atoms with Gasteiger partial charge in [0.2, 0.25) is 0 Å². The average Bonchev–Trinajstić information content (AvgIpc) is 3.23. The van der Waals surface area contributed by atoms with Crippen LogP contribution < -0.4 is 4.90 Å². The molecule has 0 bridgehead atoms. The van der Waals surface area contributed by atoms with Crippen molar-refractivity contribution in [2.75, 3.05) is 31.1 Å². The van der Waals surface area contributed by atoms with Crippen LogP contribution in [0.3, 0.4) is 0 Å². The molecule has 0 aliphatic carbocycles. The number of thiazole rings is 1. The van der Waals surface area contributed by atoms with Gasteiger partial charge in [0.15, 0.2) is 10.3 Å². The minimum Gasteiger partial charge on any atom is -0.444 e. The minimum atomic E-state index is -0.492. The fraction of sp³-hybridized carbons (Fsp3) is 0.421. The topological polar surface area (TPSA) is 74.3 Å². The highest BCUT2D eigenvalue weighted by Gasteiger charge is 2.28. The van der Waals surface area contributed by atoms with Gasteiger partial charge in [0.25, 0.3) is 0 Å². The zero-order valence-electron chi connectivity index (χ0n) is 16.0. The number of imidazole rings is 1. The third-order valence-electron chi connectivity index (χ3n) is 4.42. The summed E-state index contributed by atoms with van der Waals surface area (Å²) in [5.41, 5.74) is 2.11. The number of hydrogen-bond acceptors (Lipinski definition) is 6. The van der Waals surface area contributed by atoms with E-state index in [1.807, 2.05) is 45.0 Å². The van der Waals surface area contributed by atoms with Crippen LogP contribution in [0, 0.1) is 0 Å². The summed E-state index contributed by atoms with van der Waals surface area (Å²) in [6.07, 6.45) is -0.271. The molecular weight excluding hydrogens is 398 g/mol. The van der Waals surface area contributed by atoms with Crippen LogP contribution in [0.2, 0.25) is 4.47 Å². The van der Waals surface area contributed by atoms with Crippen molar-refractivity contribution in [1.29, 1.82) is 0 Å². The lowest BCUT2D eigenvalue weighted by atomic mass is 10.2. The molecule has 1 N–H and O–H groups in total. The molecule has 1 aromatic carbocycles. The number of piperazine rings is 1. The third-order valence-corrected chi connectivity index (χ3v) is 5.64. The predicted octanol–water partition coefficient (Wildman–Crippen LogP) is 4.40. The average molecular weight is 420 g/mol. The molecule has 0 radical (unpaired) electrons. The molecule has 4 rings (SSSR count). The Morgan fingerprint density at radius 3 is 2.57 bits per heavy atom. The summed E-state index contributed by atoms with van der Waals surface area (Å²) in [7, 11) is 0. The lowest BCUT2D eigenvalue weighted by Crippen LogP contribution is -2.50. The maximum atomic E-state index is 12.3. The number of aromatic nitrogens is 3. The Bertz CT molecular complexity index is 968. The quantitative estimate of drug-likeness (QED) is 0.666. The van der Waals surface area contributed by atoms with Crippen LogP contribution in [-0.4, -0.2) is 57.7 Å². The minimum absolute atomic E-state index is 0.271. The van der Waals surface area contributed by atoms with E-state index in [1.165, 1.54) is 11.3 Å². The monoisotopic (exact) mass is 419 g/mol. The van der Waals surface area contributed by atoms with Crippen molar-refractivity contribution in [2.45, 2.75) is 26.4 Å². The Morgan fingerprint density at radius 1 is 1.18 bits per heavy atom. The molecule has 2 aromatic heterocycles. The van der Waals surface area contributed by atoms with E-state index in [-0.39, 0.29) is 6.09 Å².